The first kappa shape index (κ1) is 33.9. The van der Waals surface area contributed by atoms with Crippen LogP contribution < -0.4 is 0 Å². The fourth-order valence-electron chi connectivity index (χ4n) is 5.82. The minimum atomic E-state index is -0.837. The average molecular weight is 512 g/mol. The minimum Gasteiger partial charge on any atom is -0.388 e. The highest BCUT2D eigenvalue weighted by Crippen LogP contribution is 2.43. The minimum absolute atomic E-state index is 0.138. The fraction of sp³-hybridized carbons (Fsp3) is 1.00. The third-order valence-electron chi connectivity index (χ3n) is 8.32. The van der Waals surface area contributed by atoms with E-state index in [1.165, 1.54) is 103 Å². The molecule has 1 rings (SSSR count). The van der Waals surface area contributed by atoms with E-state index in [0.29, 0.717) is 12.5 Å². The first-order chi connectivity index (χ1) is 16.9. The number of rotatable bonds is 21. The highest BCUT2D eigenvalue weighted by Gasteiger charge is 2.51. The molecule has 1 saturated heterocycles. The predicted octanol–water partition coefficient (Wildman–Crippen LogP) is 9.23. The monoisotopic (exact) mass is 511 g/mol. The molecule has 2 atom stereocenters. The molecule has 0 aromatic rings. The molecule has 0 aromatic heterocycles. The van der Waals surface area contributed by atoms with Crippen LogP contribution in [0.3, 0.4) is 0 Å². The standard InChI is InChI=1S/C32H65NO3/c1-9-10-11-12-13-14-15-16-17-18-19-20-21-22-23-24-25-35-29-26-30(3,4)33(32(7,8)28(29)2)36-27-31(5,6)34/h28-29,34H,9-27H2,1-8H3. The zero-order chi connectivity index (χ0) is 27.1. The highest BCUT2D eigenvalue weighted by atomic mass is 16.7. The van der Waals surface area contributed by atoms with Gasteiger partial charge in [0.25, 0.3) is 0 Å². The summed E-state index contributed by atoms with van der Waals surface area (Å²) >= 11 is 0. The summed E-state index contributed by atoms with van der Waals surface area (Å²) < 4.78 is 6.45. The van der Waals surface area contributed by atoms with Crippen molar-refractivity contribution in [1.29, 1.82) is 0 Å². The van der Waals surface area contributed by atoms with E-state index < -0.39 is 5.60 Å². The summed E-state index contributed by atoms with van der Waals surface area (Å²) in [5, 5.41) is 12.3. The van der Waals surface area contributed by atoms with Crippen molar-refractivity contribution in [1.82, 2.24) is 5.06 Å². The lowest BCUT2D eigenvalue weighted by atomic mass is 9.73. The lowest BCUT2D eigenvalue weighted by Crippen LogP contribution is -2.66. The topological polar surface area (TPSA) is 41.9 Å². The van der Waals surface area contributed by atoms with Crippen LogP contribution in [0.25, 0.3) is 0 Å². The molecule has 4 heteroatoms. The molecule has 0 aliphatic carbocycles. The molecule has 1 N–H and O–H groups in total. The Morgan fingerprint density at radius 2 is 1.17 bits per heavy atom. The van der Waals surface area contributed by atoms with Gasteiger partial charge in [0, 0.05) is 23.6 Å². The smallest absolute Gasteiger partial charge is 0.0967 e. The molecule has 0 aromatic carbocycles. The van der Waals surface area contributed by atoms with Crippen molar-refractivity contribution in [3.05, 3.63) is 0 Å². The van der Waals surface area contributed by atoms with Gasteiger partial charge in [0.1, 0.15) is 0 Å². The van der Waals surface area contributed by atoms with Gasteiger partial charge >= 0.3 is 0 Å². The molecule has 0 spiro atoms. The molecule has 1 aliphatic heterocycles. The fourth-order valence-corrected chi connectivity index (χ4v) is 5.82. The van der Waals surface area contributed by atoms with Crippen molar-refractivity contribution in [2.24, 2.45) is 5.92 Å². The van der Waals surface area contributed by atoms with Crippen molar-refractivity contribution in [2.45, 2.75) is 187 Å². The summed E-state index contributed by atoms with van der Waals surface area (Å²) in [6, 6.07) is 0. The molecule has 4 nitrogen and oxygen atoms in total. The summed E-state index contributed by atoms with van der Waals surface area (Å²) in [5.41, 5.74) is -1.14. The molecule has 216 valence electrons. The van der Waals surface area contributed by atoms with Gasteiger partial charge in [-0.3, -0.25) is 4.84 Å². The second-order valence-electron chi connectivity index (χ2n) is 13.6. The van der Waals surface area contributed by atoms with Gasteiger partial charge in [-0.2, -0.15) is 5.06 Å². The maximum Gasteiger partial charge on any atom is 0.0967 e. The van der Waals surface area contributed by atoms with Crippen molar-refractivity contribution >= 4 is 0 Å². The Morgan fingerprint density at radius 3 is 1.58 bits per heavy atom. The summed E-state index contributed by atoms with van der Waals surface area (Å²) in [6.45, 7) is 18.3. The Kier molecular flexibility index (Phi) is 16.4. The van der Waals surface area contributed by atoms with E-state index in [1.54, 1.807) is 13.8 Å². The number of hydrogen-bond donors (Lipinski definition) is 1. The van der Waals surface area contributed by atoms with E-state index in [9.17, 15) is 5.11 Å². The zero-order valence-corrected chi connectivity index (χ0v) is 25.8. The molecule has 2 unspecified atom stereocenters. The highest BCUT2D eigenvalue weighted by molar-refractivity contribution is 5.01. The molecular weight excluding hydrogens is 446 g/mol. The van der Waals surface area contributed by atoms with Gasteiger partial charge in [-0.05, 0) is 54.4 Å². The van der Waals surface area contributed by atoms with Crippen LogP contribution in [0, 0.1) is 5.92 Å². The molecule has 0 saturated carbocycles. The summed E-state index contributed by atoms with van der Waals surface area (Å²) in [4.78, 5) is 6.16. The number of piperidine rings is 1. The van der Waals surface area contributed by atoms with Crippen LogP contribution in [0.2, 0.25) is 0 Å². The van der Waals surface area contributed by atoms with Gasteiger partial charge in [-0.1, -0.05) is 110 Å². The molecule has 0 bridgehead atoms. The Bertz CT molecular complexity index is 540. The van der Waals surface area contributed by atoms with Crippen LogP contribution in [-0.4, -0.2) is 46.2 Å². The van der Waals surface area contributed by atoms with E-state index in [0.717, 1.165) is 13.0 Å². The van der Waals surface area contributed by atoms with Gasteiger partial charge in [0.05, 0.1) is 18.3 Å². The van der Waals surface area contributed by atoms with Crippen molar-refractivity contribution in [3.8, 4) is 0 Å². The van der Waals surface area contributed by atoms with Gasteiger partial charge in [0.2, 0.25) is 0 Å². The normalized spacial score (nSPS) is 22.2. The Morgan fingerprint density at radius 1 is 0.750 bits per heavy atom. The number of hydrogen-bond acceptors (Lipinski definition) is 4. The van der Waals surface area contributed by atoms with Crippen LogP contribution in [-0.2, 0) is 9.57 Å². The van der Waals surface area contributed by atoms with E-state index in [2.05, 4.69) is 46.6 Å². The summed E-state index contributed by atoms with van der Waals surface area (Å²) in [7, 11) is 0. The Balaban J connectivity index is 2.10. The lowest BCUT2D eigenvalue weighted by molar-refractivity contribution is -0.322. The lowest BCUT2D eigenvalue weighted by Gasteiger charge is -2.57. The maximum atomic E-state index is 10.1. The first-order valence-corrected chi connectivity index (χ1v) is 15.7. The molecule has 1 heterocycles. The van der Waals surface area contributed by atoms with Crippen LogP contribution in [0.1, 0.15) is 165 Å². The predicted molar refractivity (Wildman–Crippen MR) is 155 cm³/mol. The average Bonchev–Trinajstić information content (AvgIpc) is 2.78. The SMILES string of the molecule is CCCCCCCCCCCCCCCCCCOC1CC(C)(C)N(OCC(C)(C)O)C(C)(C)C1C. The zero-order valence-electron chi connectivity index (χ0n) is 25.8. The third kappa shape index (κ3) is 13.6. The van der Waals surface area contributed by atoms with E-state index >= 15 is 0 Å². The second kappa shape index (κ2) is 17.4. The molecule has 0 radical (unpaired) electrons. The van der Waals surface area contributed by atoms with Gasteiger partial charge < -0.3 is 9.84 Å². The number of ether oxygens (including phenoxy) is 1. The number of unbranched alkanes of at least 4 members (excludes halogenated alkanes) is 15. The van der Waals surface area contributed by atoms with Gasteiger partial charge in [-0.25, -0.2) is 0 Å². The van der Waals surface area contributed by atoms with Gasteiger partial charge in [-0.15, -0.1) is 0 Å². The largest absolute Gasteiger partial charge is 0.388 e. The molecule has 1 fully saturated rings. The summed E-state index contributed by atoms with van der Waals surface area (Å²) in [6.07, 6.45) is 23.5. The van der Waals surface area contributed by atoms with Crippen molar-refractivity contribution < 1.29 is 14.7 Å². The van der Waals surface area contributed by atoms with E-state index in [1.807, 2.05) is 0 Å². The number of nitrogens with zero attached hydrogens (tertiary/aromatic N) is 1. The Hall–Kier alpha value is -0.160. The van der Waals surface area contributed by atoms with Crippen LogP contribution in [0.5, 0.6) is 0 Å². The van der Waals surface area contributed by atoms with Gasteiger partial charge in [0.15, 0.2) is 0 Å². The van der Waals surface area contributed by atoms with E-state index in [-0.39, 0.29) is 17.2 Å². The molecular formula is C32H65NO3. The van der Waals surface area contributed by atoms with Crippen LogP contribution in [0.4, 0.5) is 0 Å². The summed E-state index contributed by atoms with van der Waals surface area (Å²) in [5.74, 6) is 0.355. The number of aliphatic hydroxyl groups is 1. The maximum absolute atomic E-state index is 10.1. The quantitative estimate of drug-likeness (QED) is 0.156. The Labute approximate surface area is 226 Å². The van der Waals surface area contributed by atoms with Crippen LogP contribution >= 0.6 is 0 Å². The number of hydroxylamine groups is 2. The van der Waals surface area contributed by atoms with Crippen LogP contribution in [0.15, 0.2) is 0 Å². The molecule has 36 heavy (non-hydrogen) atoms. The molecule has 0 amide bonds. The second-order valence-corrected chi connectivity index (χ2v) is 13.6. The molecule has 1 aliphatic rings. The van der Waals surface area contributed by atoms with Crippen molar-refractivity contribution in [2.75, 3.05) is 13.2 Å². The van der Waals surface area contributed by atoms with E-state index in [4.69, 9.17) is 9.57 Å². The first-order valence-electron chi connectivity index (χ1n) is 15.7. The van der Waals surface area contributed by atoms with Crippen molar-refractivity contribution in [3.63, 3.8) is 0 Å². The third-order valence-corrected chi connectivity index (χ3v) is 8.32.